The summed E-state index contributed by atoms with van der Waals surface area (Å²) in [6.45, 7) is 5.32. The molecule has 5 rings (SSSR count). The first-order valence-corrected chi connectivity index (χ1v) is 13.4. The van der Waals surface area contributed by atoms with Crippen LogP contribution in [0.2, 0.25) is 0 Å². The molecule has 0 spiro atoms. The second kappa shape index (κ2) is 10.7. The molecule has 2 fully saturated rings. The topological polar surface area (TPSA) is 131 Å². The molecule has 4 amide bonds. The molecule has 1 N–H and O–H groups in total. The fourth-order valence-electron chi connectivity index (χ4n) is 5.77. The van der Waals surface area contributed by atoms with Crippen LogP contribution in [0.3, 0.4) is 0 Å². The zero-order chi connectivity index (χ0) is 28.6. The van der Waals surface area contributed by atoms with Gasteiger partial charge in [-0.2, -0.15) is 4.98 Å². The Morgan fingerprint density at radius 1 is 1.02 bits per heavy atom. The van der Waals surface area contributed by atoms with E-state index >= 15 is 0 Å². The number of likely N-dealkylation sites (tertiary alicyclic amines) is 1. The number of fused-ring (bicyclic) bond motifs is 5. The lowest BCUT2D eigenvalue weighted by atomic mass is 9.85. The normalized spacial score (nSPS) is 22.9. The van der Waals surface area contributed by atoms with Crippen molar-refractivity contribution in [2.45, 2.75) is 45.9 Å². The summed E-state index contributed by atoms with van der Waals surface area (Å²) >= 11 is 0. The van der Waals surface area contributed by atoms with Gasteiger partial charge in [-0.3, -0.25) is 29.2 Å². The van der Waals surface area contributed by atoms with Gasteiger partial charge in [-0.15, -0.1) is 0 Å². The Bertz CT molecular complexity index is 1380. The highest BCUT2D eigenvalue weighted by Crippen LogP contribution is 2.52. The second-order valence-electron chi connectivity index (χ2n) is 11.5. The Balaban J connectivity index is 1.27. The van der Waals surface area contributed by atoms with Gasteiger partial charge in [-0.1, -0.05) is 42.5 Å². The summed E-state index contributed by atoms with van der Waals surface area (Å²) in [6, 6.07) is 10.8. The lowest BCUT2D eigenvalue weighted by Gasteiger charge is -2.26. The van der Waals surface area contributed by atoms with Gasteiger partial charge in [-0.25, -0.2) is 9.59 Å². The van der Waals surface area contributed by atoms with Gasteiger partial charge in [0, 0.05) is 25.8 Å². The van der Waals surface area contributed by atoms with Crippen LogP contribution < -0.4 is 11.0 Å². The predicted molar refractivity (Wildman–Crippen MR) is 145 cm³/mol. The number of rotatable bonds is 8. The number of carbonyl (C=O) groups excluding carboxylic acids is 4. The van der Waals surface area contributed by atoms with Crippen molar-refractivity contribution in [3.05, 3.63) is 70.8 Å². The molecule has 0 unspecified atom stereocenters. The van der Waals surface area contributed by atoms with Crippen LogP contribution in [-0.2, 0) is 32.2 Å². The molecule has 11 nitrogen and oxygen atoms in total. The number of imide groups is 1. The molecule has 1 aromatic heterocycles. The molecule has 0 radical (unpaired) electrons. The first-order chi connectivity index (χ1) is 19.0. The van der Waals surface area contributed by atoms with Crippen LogP contribution in [0.1, 0.15) is 32.8 Å². The number of carbonyl (C=O) groups is 4. The Hall–Kier alpha value is -4.28. The minimum absolute atomic E-state index is 0.00385. The van der Waals surface area contributed by atoms with E-state index in [1.165, 1.54) is 22.1 Å². The van der Waals surface area contributed by atoms with Crippen LogP contribution >= 0.6 is 0 Å². The predicted octanol–water partition coefficient (Wildman–Crippen LogP) is 2.43. The molecule has 4 atom stereocenters. The molecule has 2 bridgehead atoms. The molecule has 3 aliphatic rings. The van der Waals surface area contributed by atoms with E-state index in [9.17, 15) is 24.0 Å². The van der Waals surface area contributed by atoms with E-state index in [0.717, 1.165) is 16.6 Å². The maximum Gasteiger partial charge on any atom is 0.413 e. The number of allylic oxidation sites excluding steroid dienone is 2. The van der Waals surface area contributed by atoms with Gasteiger partial charge in [0.25, 0.3) is 0 Å². The van der Waals surface area contributed by atoms with Crippen LogP contribution in [-0.4, -0.2) is 61.9 Å². The summed E-state index contributed by atoms with van der Waals surface area (Å²) < 4.78 is 6.31. The minimum Gasteiger partial charge on any atom is -0.444 e. The van der Waals surface area contributed by atoms with Crippen LogP contribution in [0.5, 0.6) is 0 Å². The number of hydrogen-bond donors (Lipinski definition) is 1. The first kappa shape index (κ1) is 27.3. The van der Waals surface area contributed by atoms with Crippen molar-refractivity contribution >= 4 is 29.6 Å². The standard InChI is InChI=1S/C29H33N5O6/c1-29(2,3)40-28(39)31-21-11-12-33(27(38)30-21)17-22(35)32(16-18-7-5-4-6-8-18)13-14-34-25(36)23-19-9-10-20(15-19)24(23)26(34)37/h4-12,19-20,23-24H,13-17H2,1-3H3,(H,30,31,38,39)/t19-,20+,23+,24-. The monoisotopic (exact) mass is 547 g/mol. The van der Waals surface area contributed by atoms with E-state index in [1.807, 2.05) is 42.5 Å². The van der Waals surface area contributed by atoms with Crippen LogP contribution in [0.25, 0.3) is 0 Å². The third-order valence-electron chi connectivity index (χ3n) is 7.53. The Labute approximate surface area is 231 Å². The highest BCUT2D eigenvalue weighted by molar-refractivity contribution is 6.06. The number of nitrogens with zero attached hydrogens (tertiary/aromatic N) is 4. The third kappa shape index (κ3) is 5.68. The van der Waals surface area contributed by atoms with Crippen LogP contribution in [0.15, 0.2) is 59.5 Å². The van der Waals surface area contributed by atoms with Gasteiger partial charge in [0.1, 0.15) is 18.0 Å². The fraction of sp³-hybridized carbons (Fsp3) is 0.448. The van der Waals surface area contributed by atoms with Crippen molar-refractivity contribution in [3.63, 3.8) is 0 Å². The van der Waals surface area contributed by atoms with E-state index in [2.05, 4.69) is 10.3 Å². The largest absolute Gasteiger partial charge is 0.444 e. The molecule has 11 heteroatoms. The summed E-state index contributed by atoms with van der Waals surface area (Å²) in [7, 11) is 0. The Morgan fingerprint density at radius 3 is 2.27 bits per heavy atom. The smallest absolute Gasteiger partial charge is 0.413 e. The second-order valence-corrected chi connectivity index (χ2v) is 11.5. The number of nitrogens with one attached hydrogen (secondary N) is 1. The molecule has 210 valence electrons. The van der Waals surface area contributed by atoms with Crippen molar-refractivity contribution in [2.24, 2.45) is 23.7 Å². The number of anilines is 1. The number of aromatic nitrogens is 2. The first-order valence-electron chi connectivity index (χ1n) is 13.4. The molecule has 1 aliphatic heterocycles. The lowest BCUT2D eigenvalue weighted by molar-refractivity contribution is -0.142. The fourth-order valence-corrected chi connectivity index (χ4v) is 5.77. The summed E-state index contributed by atoms with van der Waals surface area (Å²) in [5, 5.41) is 2.41. The average Bonchev–Trinajstić information content (AvgIpc) is 3.57. The highest BCUT2D eigenvalue weighted by Gasteiger charge is 2.59. The summed E-state index contributed by atoms with van der Waals surface area (Å²) in [5.41, 5.74) is -0.563. The maximum atomic E-state index is 13.4. The minimum atomic E-state index is -0.749. The van der Waals surface area contributed by atoms with Crippen LogP contribution in [0, 0.1) is 23.7 Å². The van der Waals surface area contributed by atoms with Gasteiger partial charge in [-0.05, 0) is 50.7 Å². The van der Waals surface area contributed by atoms with Crippen molar-refractivity contribution in [2.75, 3.05) is 18.4 Å². The van der Waals surface area contributed by atoms with E-state index in [-0.39, 0.29) is 73.4 Å². The van der Waals surface area contributed by atoms with Crippen molar-refractivity contribution < 1.29 is 23.9 Å². The molecule has 1 saturated heterocycles. The zero-order valence-corrected chi connectivity index (χ0v) is 22.8. The number of amides is 4. The molecule has 2 heterocycles. The molecular weight excluding hydrogens is 514 g/mol. The highest BCUT2D eigenvalue weighted by atomic mass is 16.6. The summed E-state index contributed by atoms with van der Waals surface area (Å²) in [6.07, 6.45) is 5.57. The Morgan fingerprint density at radius 2 is 1.68 bits per heavy atom. The lowest BCUT2D eigenvalue weighted by Crippen LogP contribution is -2.43. The van der Waals surface area contributed by atoms with Gasteiger partial charge in [0.2, 0.25) is 17.7 Å². The number of ether oxygens (including phenoxy) is 1. The van der Waals surface area contributed by atoms with E-state index in [4.69, 9.17) is 4.74 Å². The van der Waals surface area contributed by atoms with E-state index < -0.39 is 17.4 Å². The van der Waals surface area contributed by atoms with Crippen molar-refractivity contribution in [1.29, 1.82) is 0 Å². The Kier molecular flexibility index (Phi) is 7.31. The van der Waals surface area contributed by atoms with E-state index in [1.54, 1.807) is 20.8 Å². The average molecular weight is 548 g/mol. The molecule has 40 heavy (non-hydrogen) atoms. The van der Waals surface area contributed by atoms with E-state index in [0.29, 0.717) is 0 Å². The van der Waals surface area contributed by atoms with Gasteiger partial charge >= 0.3 is 11.8 Å². The van der Waals surface area contributed by atoms with Gasteiger partial charge in [0.15, 0.2) is 0 Å². The molecule has 2 aromatic rings. The maximum absolute atomic E-state index is 13.4. The zero-order valence-electron chi connectivity index (χ0n) is 22.8. The molecule has 1 saturated carbocycles. The summed E-state index contributed by atoms with van der Waals surface area (Å²) in [5.74, 6) is -1.04. The molecule has 2 aliphatic carbocycles. The van der Waals surface area contributed by atoms with Gasteiger partial charge < -0.3 is 9.64 Å². The molecule has 1 aromatic carbocycles. The van der Waals surface area contributed by atoms with Crippen molar-refractivity contribution in [1.82, 2.24) is 19.4 Å². The quantitative estimate of drug-likeness (QED) is 0.397. The number of hydrogen-bond acceptors (Lipinski definition) is 7. The van der Waals surface area contributed by atoms with Crippen molar-refractivity contribution in [3.8, 4) is 0 Å². The SMILES string of the molecule is CC(C)(C)OC(=O)Nc1ccn(CC(=O)N(CCN2C(=O)[C@@H]3[C@H](C2=O)[C@H]2C=C[C@@H]3C2)Cc2ccccc2)c(=O)n1. The van der Waals surface area contributed by atoms with Gasteiger partial charge in [0.05, 0.1) is 11.8 Å². The number of benzene rings is 1. The third-order valence-corrected chi connectivity index (χ3v) is 7.53. The molecular formula is C29H33N5O6. The van der Waals surface area contributed by atoms with Crippen LogP contribution in [0.4, 0.5) is 10.6 Å². The summed E-state index contributed by atoms with van der Waals surface area (Å²) in [4.78, 5) is 71.0.